The van der Waals surface area contributed by atoms with Gasteiger partial charge in [0.1, 0.15) is 0 Å². The summed E-state index contributed by atoms with van der Waals surface area (Å²) in [7, 11) is 0. The van der Waals surface area contributed by atoms with Crippen LogP contribution in [0.3, 0.4) is 0 Å². The monoisotopic (exact) mass is 222 g/mol. The second-order valence-corrected chi connectivity index (χ2v) is 2.54. The molecule has 0 N–H and O–H groups in total. The molecule has 0 atom stereocenters. The molecule has 0 aliphatic rings. The van der Waals surface area contributed by atoms with Gasteiger partial charge in [-0.2, -0.15) is 0 Å². The average Bonchev–Trinajstić information content (AvgIpc) is 1.87. The molecule has 0 heterocycles. The quantitative estimate of drug-likeness (QED) is 0.367. The SMILES string of the molecule is CCCCCCCC(=O)[O-].[K+].[KH]. The van der Waals surface area contributed by atoms with E-state index in [2.05, 4.69) is 6.92 Å². The number of hydrogen-bond acceptors (Lipinski definition) is 2. The van der Waals surface area contributed by atoms with E-state index < -0.39 is 5.97 Å². The van der Waals surface area contributed by atoms with Crippen molar-refractivity contribution in [1.29, 1.82) is 0 Å². The van der Waals surface area contributed by atoms with Gasteiger partial charge in [-0.3, -0.25) is 0 Å². The summed E-state index contributed by atoms with van der Waals surface area (Å²) in [6.45, 7) is 2.14. The van der Waals surface area contributed by atoms with Crippen LogP contribution < -0.4 is 56.5 Å². The molecule has 12 heavy (non-hydrogen) atoms. The fourth-order valence-electron chi connectivity index (χ4n) is 0.873. The summed E-state index contributed by atoms with van der Waals surface area (Å²) in [4.78, 5) is 9.92. The molecule has 0 fully saturated rings. The molecule has 0 spiro atoms. The molecule has 0 aromatic rings. The number of rotatable bonds is 6. The van der Waals surface area contributed by atoms with Crippen LogP contribution in [-0.4, -0.2) is 57.4 Å². The molecule has 0 bridgehead atoms. The van der Waals surface area contributed by atoms with Gasteiger partial charge in [0.15, 0.2) is 0 Å². The first-order valence-corrected chi connectivity index (χ1v) is 3.97. The predicted molar refractivity (Wildman–Crippen MR) is 45.5 cm³/mol. The maximum absolute atomic E-state index is 9.92. The van der Waals surface area contributed by atoms with E-state index in [1.807, 2.05) is 0 Å². The Hall–Kier alpha value is 2.74. The Kier molecular flexibility index (Phi) is 27.2. The van der Waals surface area contributed by atoms with Gasteiger partial charge >= 0.3 is 103 Å². The number of aliphatic carboxylic acids is 1. The van der Waals surface area contributed by atoms with E-state index in [-0.39, 0.29) is 109 Å². The van der Waals surface area contributed by atoms with Gasteiger partial charge in [0.05, 0.1) is 0 Å². The molecule has 0 saturated heterocycles. The Morgan fingerprint density at radius 3 is 2.08 bits per heavy atom. The summed E-state index contributed by atoms with van der Waals surface area (Å²) in [5.41, 5.74) is 0. The molecular formula is C8H16K2O2. The molecule has 62 valence electrons. The minimum absolute atomic E-state index is 0. The third kappa shape index (κ3) is 18.5. The van der Waals surface area contributed by atoms with E-state index in [1.54, 1.807) is 0 Å². The summed E-state index contributed by atoms with van der Waals surface area (Å²) in [5.74, 6) is -0.920. The van der Waals surface area contributed by atoms with Crippen molar-refractivity contribution in [2.24, 2.45) is 0 Å². The van der Waals surface area contributed by atoms with Gasteiger partial charge in [0.25, 0.3) is 0 Å². The first kappa shape index (κ1) is 20.2. The van der Waals surface area contributed by atoms with Gasteiger partial charge in [0, 0.05) is 5.97 Å². The second kappa shape index (κ2) is 16.2. The Morgan fingerprint density at radius 2 is 1.67 bits per heavy atom. The van der Waals surface area contributed by atoms with Crippen molar-refractivity contribution >= 4 is 57.4 Å². The Bertz CT molecular complexity index is 97.1. The van der Waals surface area contributed by atoms with Crippen LogP contribution in [0.25, 0.3) is 0 Å². The molecule has 0 radical (unpaired) electrons. The predicted octanol–water partition coefficient (Wildman–Crippen LogP) is -2.55. The van der Waals surface area contributed by atoms with E-state index in [9.17, 15) is 9.90 Å². The van der Waals surface area contributed by atoms with Crippen LogP contribution in [0.15, 0.2) is 0 Å². The van der Waals surface area contributed by atoms with Gasteiger partial charge in [-0.25, -0.2) is 0 Å². The van der Waals surface area contributed by atoms with Gasteiger partial charge < -0.3 is 9.90 Å². The first-order valence-electron chi connectivity index (χ1n) is 3.97. The van der Waals surface area contributed by atoms with Gasteiger partial charge in [-0.05, 0) is 12.8 Å². The summed E-state index contributed by atoms with van der Waals surface area (Å²) in [6, 6.07) is 0. The normalized spacial score (nSPS) is 8.08. The number of carboxylic acid groups (broad SMARTS) is 1. The number of unbranched alkanes of at least 4 members (excludes halogenated alkanes) is 4. The molecule has 0 amide bonds. The molecule has 0 aliphatic carbocycles. The molecule has 0 aliphatic heterocycles. The molecule has 0 aromatic heterocycles. The third-order valence-corrected chi connectivity index (χ3v) is 1.48. The zero-order valence-corrected chi connectivity index (χ0v) is 10.7. The van der Waals surface area contributed by atoms with Gasteiger partial charge in [0.2, 0.25) is 0 Å². The fourth-order valence-corrected chi connectivity index (χ4v) is 0.873. The number of carbonyl (C=O) groups is 1. The fraction of sp³-hybridized carbons (Fsp3) is 0.875. The Balaban J connectivity index is -0.000000405. The minimum atomic E-state index is -0.920. The third-order valence-electron chi connectivity index (χ3n) is 1.48. The Morgan fingerprint density at radius 1 is 1.17 bits per heavy atom. The maximum atomic E-state index is 9.92. The molecular weight excluding hydrogens is 206 g/mol. The van der Waals surface area contributed by atoms with Crippen molar-refractivity contribution in [1.82, 2.24) is 0 Å². The molecule has 4 heteroatoms. The van der Waals surface area contributed by atoms with Crippen LogP contribution in [0.2, 0.25) is 0 Å². The van der Waals surface area contributed by atoms with Crippen molar-refractivity contribution in [3.8, 4) is 0 Å². The number of hydrogen-bond donors (Lipinski definition) is 0. The molecule has 0 rings (SSSR count). The average molecular weight is 222 g/mol. The van der Waals surface area contributed by atoms with Crippen molar-refractivity contribution < 1.29 is 61.3 Å². The van der Waals surface area contributed by atoms with Gasteiger partial charge in [-0.15, -0.1) is 0 Å². The van der Waals surface area contributed by atoms with Crippen molar-refractivity contribution in [3.63, 3.8) is 0 Å². The van der Waals surface area contributed by atoms with Crippen molar-refractivity contribution in [2.75, 3.05) is 0 Å². The van der Waals surface area contributed by atoms with Crippen molar-refractivity contribution in [3.05, 3.63) is 0 Å². The summed E-state index contributed by atoms with van der Waals surface area (Å²) < 4.78 is 0. The van der Waals surface area contributed by atoms with Crippen molar-refractivity contribution in [2.45, 2.75) is 45.4 Å². The topological polar surface area (TPSA) is 40.1 Å². The standard InChI is InChI=1S/C8H16O2.2K.H/c1-2-3-4-5-6-7-8(9)10;;;/h2-7H2,1H3,(H,9,10);;;/q;;+1;/p-1. The Labute approximate surface area is 160 Å². The second-order valence-electron chi connectivity index (χ2n) is 2.54. The van der Waals surface area contributed by atoms with E-state index in [0.717, 1.165) is 19.3 Å². The van der Waals surface area contributed by atoms with E-state index in [4.69, 9.17) is 0 Å². The molecule has 0 saturated carbocycles. The molecule has 0 aromatic carbocycles. The van der Waals surface area contributed by atoms with Crippen LogP contribution in [0, 0.1) is 0 Å². The zero-order chi connectivity index (χ0) is 7.82. The molecule has 2 nitrogen and oxygen atoms in total. The summed E-state index contributed by atoms with van der Waals surface area (Å²) in [5, 5.41) is 9.92. The van der Waals surface area contributed by atoms with Crippen LogP contribution in [0.4, 0.5) is 0 Å². The van der Waals surface area contributed by atoms with E-state index >= 15 is 0 Å². The van der Waals surface area contributed by atoms with Crippen LogP contribution in [-0.2, 0) is 4.79 Å². The summed E-state index contributed by atoms with van der Waals surface area (Å²) >= 11 is 0. The van der Waals surface area contributed by atoms with Crippen LogP contribution in [0.5, 0.6) is 0 Å². The summed E-state index contributed by atoms with van der Waals surface area (Å²) in [6.07, 6.45) is 5.61. The first-order chi connectivity index (χ1) is 4.77. The number of carboxylic acids is 1. The molecule has 0 unspecified atom stereocenters. The van der Waals surface area contributed by atoms with E-state index in [1.165, 1.54) is 12.8 Å². The van der Waals surface area contributed by atoms with Gasteiger partial charge in [-0.1, -0.05) is 32.6 Å². The van der Waals surface area contributed by atoms with Crippen LogP contribution >= 0.6 is 0 Å². The van der Waals surface area contributed by atoms with Crippen LogP contribution in [0.1, 0.15) is 45.4 Å². The number of carbonyl (C=O) groups excluding carboxylic acids is 1. The van der Waals surface area contributed by atoms with E-state index in [0.29, 0.717) is 0 Å². The zero-order valence-electron chi connectivity index (χ0n) is 7.56.